The molecule has 2 heterocycles. The average molecular weight is 234 g/mol. The molecule has 1 saturated heterocycles. The third-order valence-electron chi connectivity index (χ3n) is 4.06. The van der Waals surface area contributed by atoms with Gasteiger partial charge in [-0.2, -0.15) is 0 Å². The van der Waals surface area contributed by atoms with Gasteiger partial charge in [-0.05, 0) is 50.4 Å². The lowest BCUT2D eigenvalue weighted by molar-refractivity contribution is 0.119. The first-order valence-corrected chi connectivity index (χ1v) is 6.52. The topological polar surface area (TPSA) is 24.1 Å². The lowest BCUT2D eigenvalue weighted by Crippen LogP contribution is -2.42. The van der Waals surface area contributed by atoms with Crippen molar-refractivity contribution in [3.8, 4) is 0 Å². The molecule has 3 rings (SSSR count). The van der Waals surface area contributed by atoms with Gasteiger partial charge >= 0.3 is 0 Å². The number of anilines is 1. The van der Waals surface area contributed by atoms with Gasteiger partial charge in [0, 0.05) is 5.69 Å². The second-order valence-electron chi connectivity index (χ2n) is 5.20. The van der Waals surface area contributed by atoms with E-state index in [1.54, 1.807) is 0 Å². The number of hydrogen-bond acceptors (Lipinski definition) is 2. The number of alkyl halides is 1. The lowest BCUT2D eigenvalue weighted by Gasteiger charge is -2.30. The number of nitrogens with one attached hydrogen (secondary N) is 2. The molecule has 0 saturated carbocycles. The van der Waals surface area contributed by atoms with Gasteiger partial charge in [0.05, 0.1) is 6.04 Å². The molecule has 2 N–H and O–H groups in total. The van der Waals surface area contributed by atoms with E-state index < -0.39 is 5.67 Å². The summed E-state index contributed by atoms with van der Waals surface area (Å²) in [6.45, 7) is 1.75. The second-order valence-corrected chi connectivity index (χ2v) is 5.20. The average Bonchev–Trinajstić information content (AvgIpc) is 2.66. The summed E-state index contributed by atoms with van der Waals surface area (Å²) in [5.74, 6) is 0. The van der Waals surface area contributed by atoms with Crippen LogP contribution in [0.2, 0.25) is 0 Å². The van der Waals surface area contributed by atoms with Crippen molar-refractivity contribution < 1.29 is 4.39 Å². The molecule has 3 heteroatoms. The van der Waals surface area contributed by atoms with Crippen LogP contribution in [0.5, 0.6) is 0 Å². The van der Waals surface area contributed by atoms with Gasteiger partial charge in [0.1, 0.15) is 5.67 Å². The Morgan fingerprint density at radius 1 is 1.18 bits per heavy atom. The van der Waals surface area contributed by atoms with Gasteiger partial charge in [-0.1, -0.05) is 18.2 Å². The fraction of sp³-hybridized carbons (Fsp3) is 0.571. The Bertz CT molecular complexity index is 372. The SMILES string of the molecule is FC1(C2Cc3ccccc3N2)CCCNCC1. The van der Waals surface area contributed by atoms with Crippen LogP contribution in [0.1, 0.15) is 24.8 Å². The van der Waals surface area contributed by atoms with E-state index in [1.807, 2.05) is 18.2 Å². The molecule has 2 nitrogen and oxygen atoms in total. The van der Waals surface area contributed by atoms with Crippen LogP contribution in [-0.4, -0.2) is 24.8 Å². The molecule has 1 aromatic rings. The van der Waals surface area contributed by atoms with Gasteiger partial charge in [0.15, 0.2) is 0 Å². The van der Waals surface area contributed by atoms with Crippen molar-refractivity contribution in [2.75, 3.05) is 18.4 Å². The van der Waals surface area contributed by atoms with E-state index in [9.17, 15) is 0 Å². The van der Waals surface area contributed by atoms with Gasteiger partial charge in [-0.15, -0.1) is 0 Å². The van der Waals surface area contributed by atoms with E-state index >= 15 is 4.39 Å². The summed E-state index contributed by atoms with van der Waals surface area (Å²) < 4.78 is 15.0. The Labute approximate surface area is 102 Å². The van der Waals surface area contributed by atoms with Gasteiger partial charge < -0.3 is 10.6 Å². The predicted octanol–water partition coefficient (Wildman–Crippen LogP) is 2.51. The van der Waals surface area contributed by atoms with Gasteiger partial charge in [0.25, 0.3) is 0 Å². The van der Waals surface area contributed by atoms with E-state index in [4.69, 9.17) is 0 Å². The zero-order chi connectivity index (χ0) is 11.7. The monoisotopic (exact) mass is 234 g/mol. The number of fused-ring (bicyclic) bond motifs is 1. The molecule has 1 fully saturated rings. The molecule has 0 aromatic heterocycles. The Morgan fingerprint density at radius 3 is 2.94 bits per heavy atom. The maximum absolute atomic E-state index is 15.0. The molecule has 2 unspecified atom stereocenters. The molecule has 0 bridgehead atoms. The lowest BCUT2D eigenvalue weighted by atomic mass is 9.87. The first-order chi connectivity index (χ1) is 8.28. The number of rotatable bonds is 1. The maximum atomic E-state index is 15.0. The Hall–Kier alpha value is -1.09. The highest BCUT2D eigenvalue weighted by molar-refractivity contribution is 5.57. The summed E-state index contributed by atoms with van der Waals surface area (Å²) in [4.78, 5) is 0. The summed E-state index contributed by atoms with van der Waals surface area (Å²) in [7, 11) is 0. The highest BCUT2D eigenvalue weighted by Crippen LogP contribution is 2.37. The maximum Gasteiger partial charge on any atom is 0.132 e. The fourth-order valence-electron chi connectivity index (χ4n) is 3.01. The quantitative estimate of drug-likeness (QED) is 0.780. The number of hydrogen-bond donors (Lipinski definition) is 2. The van der Waals surface area contributed by atoms with Crippen molar-refractivity contribution in [2.24, 2.45) is 0 Å². The molecular formula is C14H19FN2. The van der Waals surface area contributed by atoms with Crippen molar-refractivity contribution >= 4 is 5.69 Å². The molecule has 0 aliphatic carbocycles. The van der Waals surface area contributed by atoms with Gasteiger partial charge in [-0.3, -0.25) is 0 Å². The van der Waals surface area contributed by atoms with Crippen molar-refractivity contribution in [1.82, 2.24) is 5.32 Å². The van der Waals surface area contributed by atoms with Crippen LogP contribution in [0, 0.1) is 0 Å². The third kappa shape index (κ3) is 2.04. The zero-order valence-electron chi connectivity index (χ0n) is 10.0. The van der Waals surface area contributed by atoms with Crippen LogP contribution in [0.15, 0.2) is 24.3 Å². The molecule has 92 valence electrons. The van der Waals surface area contributed by atoms with Crippen LogP contribution in [-0.2, 0) is 6.42 Å². The minimum Gasteiger partial charge on any atom is -0.379 e. The van der Waals surface area contributed by atoms with E-state index in [2.05, 4.69) is 16.7 Å². The van der Waals surface area contributed by atoms with Crippen molar-refractivity contribution in [2.45, 2.75) is 37.4 Å². The first kappa shape index (κ1) is 11.0. The van der Waals surface area contributed by atoms with Crippen molar-refractivity contribution in [3.05, 3.63) is 29.8 Å². The van der Waals surface area contributed by atoms with Crippen molar-refractivity contribution in [3.63, 3.8) is 0 Å². The fourth-order valence-corrected chi connectivity index (χ4v) is 3.01. The van der Waals surface area contributed by atoms with Gasteiger partial charge in [-0.25, -0.2) is 4.39 Å². The van der Waals surface area contributed by atoms with Crippen molar-refractivity contribution in [1.29, 1.82) is 0 Å². The van der Waals surface area contributed by atoms with E-state index in [1.165, 1.54) is 5.56 Å². The van der Waals surface area contributed by atoms with E-state index in [0.717, 1.165) is 31.6 Å². The minimum absolute atomic E-state index is 0.0419. The summed E-state index contributed by atoms with van der Waals surface area (Å²) >= 11 is 0. The molecule has 0 spiro atoms. The number of para-hydroxylation sites is 1. The number of halogens is 1. The Balaban J connectivity index is 1.78. The molecule has 2 aliphatic heterocycles. The summed E-state index contributed by atoms with van der Waals surface area (Å²) in [6, 6.07) is 8.14. The standard InChI is InChI=1S/C14H19FN2/c15-14(6-3-8-16-9-7-14)13-10-11-4-1-2-5-12(11)17-13/h1-2,4-5,13,16-17H,3,6-10H2. The summed E-state index contributed by atoms with van der Waals surface area (Å²) in [6.07, 6.45) is 3.06. The summed E-state index contributed by atoms with van der Waals surface area (Å²) in [5.41, 5.74) is 1.32. The molecular weight excluding hydrogens is 215 g/mol. The Morgan fingerprint density at radius 2 is 2.06 bits per heavy atom. The van der Waals surface area contributed by atoms with Gasteiger partial charge in [0.2, 0.25) is 0 Å². The predicted molar refractivity (Wildman–Crippen MR) is 68.1 cm³/mol. The second kappa shape index (κ2) is 4.30. The molecule has 1 aromatic carbocycles. The Kier molecular flexibility index (Phi) is 2.79. The minimum atomic E-state index is -1.05. The molecule has 17 heavy (non-hydrogen) atoms. The molecule has 0 amide bonds. The van der Waals surface area contributed by atoms with Crippen LogP contribution in [0.4, 0.5) is 10.1 Å². The molecule has 2 atom stereocenters. The third-order valence-corrected chi connectivity index (χ3v) is 4.06. The molecule has 0 radical (unpaired) electrons. The van der Waals surface area contributed by atoms with E-state index in [-0.39, 0.29) is 6.04 Å². The number of benzene rings is 1. The zero-order valence-corrected chi connectivity index (χ0v) is 10.0. The van der Waals surface area contributed by atoms with Crippen LogP contribution >= 0.6 is 0 Å². The highest BCUT2D eigenvalue weighted by atomic mass is 19.1. The van der Waals surface area contributed by atoms with Crippen LogP contribution in [0.3, 0.4) is 0 Å². The van der Waals surface area contributed by atoms with Crippen LogP contribution < -0.4 is 10.6 Å². The smallest absolute Gasteiger partial charge is 0.132 e. The highest BCUT2D eigenvalue weighted by Gasteiger charge is 2.41. The van der Waals surface area contributed by atoms with E-state index in [0.29, 0.717) is 12.8 Å². The molecule has 2 aliphatic rings. The summed E-state index contributed by atoms with van der Waals surface area (Å²) in [5, 5.41) is 6.65. The first-order valence-electron chi connectivity index (χ1n) is 6.52. The largest absolute Gasteiger partial charge is 0.379 e. The van der Waals surface area contributed by atoms with Crippen LogP contribution in [0.25, 0.3) is 0 Å². The normalized spacial score (nSPS) is 32.6.